The van der Waals surface area contributed by atoms with Gasteiger partial charge in [-0.25, -0.2) is 0 Å². The quantitative estimate of drug-likeness (QED) is 0.785. The fraction of sp³-hybridized carbons (Fsp3) is 0.154. The average Bonchev–Trinajstić information content (AvgIpc) is 2.93. The van der Waals surface area contributed by atoms with Crippen molar-refractivity contribution < 1.29 is 0 Å². The molecule has 2 aromatic heterocycles. The van der Waals surface area contributed by atoms with E-state index in [-0.39, 0.29) is 6.04 Å². The predicted molar refractivity (Wildman–Crippen MR) is 78.8 cm³/mol. The molecule has 0 aliphatic heterocycles. The van der Waals surface area contributed by atoms with Gasteiger partial charge in [0.05, 0.1) is 22.4 Å². The second kappa shape index (κ2) is 4.50. The highest BCUT2D eigenvalue weighted by atomic mass is 79.9. The van der Waals surface area contributed by atoms with E-state index in [0.717, 1.165) is 15.7 Å². The summed E-state index contributed by atoms with van der Waals surface area (Å²) in [6.45, 7) is 0. The lowest BCUT2D eigenvalue weighted by Gasteiger charge is -2.12. The number of hydrogen-bond donors (Lipinski definition) is 1. The van der Waals surface area contributed by atoms with E-state index in [9.17, 15) is 0 Å². The molecule has 1 aromatic carbocycles. The lowest BCUT2D eigenvalue weighted by Crippen LogP contribution is -2.16. The van der Waals surface area contributed by atoms with Gasteiger partial charge in [0.15, 0.2) is 0 Å². The van der Waals surface area contributed by atoms with Crippen LogP contribution in [-0.4, -0.2) is 9.78 Å². The van der Waals surface area contributed by atoms with Crippen LogP contribution in [0.4, 0.5) is 0 Å². The van der Waals surface area contributed by atoms with Crippen molar-refractivity contribution in [3.05, 3.63) is 51.6 Å². The summed E-state index contributed by atoms with van der Waals surface area (Å²) in [6.07, 6.45) is 1.78. The number of aryl methyl sites for hydroxylation is 1. The Morgan fingerprint density at radius 1 is 1.39 bits per heavy atom. The molecule has 5 heteroatoms. The molecule has 0 saturated carbocycles. The van der Waals surface area contributed by atoms with E-state index in [1.54, 1.807) is 17.5 Å². The highest BCUT2D eigenvalue weighted by Gasteiger charge is 2.19. The van der Waals surface area contributed by atoms with Crippen LogP contribution in [0.15, 0.2) is 40.3 Å². The number of rotatable bonds is 2. The van der Waals surface area contributed by atoms with E-state index in [1.165, 1.54) is 10.1 Å². The molecule has 2 heterocycles. The van der Waals surface area contributed by atoms with Crippen molar-refractivity contribution in [1.29, 1.82) is 0 Å². The van der Waals surface area contributed by atoms with Crippen LogP contribution in [0.3, 0.4) is 0 Å². The molecule has 1 unspecified atom stereocenters. The van der Waals surface area contributed by atoms with Crippen LogP contribution in [0, 0.1) is 0 Å². The Bertz CT molecular complexity index is 682. The molecule has 2 N–H and O–H groups in total. The first-order valence-corrected chi connectivity index (χ1v) is 7.25. The van der Waals surface area contributed by atoms with Gasteiger partial charge in [0.1, 0.15) is 0 Å². The number of halogens is 1. The summed E-state index contributed by atoms with van der Waals surface area (Å²) in [5.74, 6) is 0. The van der Waals surface area contributed by atoms with Crippen molar-refractivity contribution in [2.75, 3.05) is 0 Å². The molecule has 0 aliphatic carbocycles. The summed E-state index contributed by atoms with van der Waals surface area (Å²) in [5, 5.41) is 7.58. The van der Waals surface area contributed by atoms with Gasteiger partial charge in [0.2, 0.25) is 0 Å². The van der Waals surface area contributed by atoms with E-state index in [0.29, 0.717) is 0 Å². The zero-order chi connectivity index (χ0) is 12.7. The Morgan fingerprint density at radius 3 is 2.89 bits per heavy atom. The minimum absolute atomic E-state index is 0.164. The van der Waals surface area contributed by atoms with Gasteiger partial charge in [-0.2, -0.15) is 5.10 Å². The van der Waals surface area contributed by atoms with E-state index in [1.807, 2.05) is 23.9 Å². The molecule has 0 amide bonds. The summed E-state index contributed by atoms with van der Waals surface area (Å²) in [4.78, 5) is 0. The largest absolute Gasteiger partial charge is 0.319 e. The molecule has 3 rings (SSSR count). The number of fused-ring (bicyclic) bond motifs is 1. The van der Waals surface area contributed by atoms with Crippen LogP contribution in [0.2, 0.25) is 0 Å². The zero-order valence-corrected chi connectivity index (χ0v) is 12.2. The Morgan fingerprint density at radius 2 is 2.17 bits per heavy atom. The number of hydrogen-bond acceptors (Lipinski definition) is 3. The van der Waals surface area contributed by atoms with Crippen molar-refractivity contribution in [2.24, 2.45) is 12.8 Å². The third-order valence-corrected chi connectivity index (χ3v) is 4.67. The highest BCUT2D eigenvalue weighted by Crippen LogP contribution is 2.34. The van der Waals surface area contributed by atoms with Gasteiger partial charge >= 0.3 is 0 Å². The second-order valence-electron chi connectivity index (χ2n) is 4.17. The van der Waals surface area contributed by atoms with E-state index in [2.05, 4.69) is 38.5 Å². The van der Waals surface area contributed by atoms with Gasteiger partial charge in [-0.05, 0) is 38.3 Å². The molecular weight excluding hydrogens is 310 g/mol. The van der Waals surface area contributed by atoms with Gasteiger partial charge in [0.25, 0.3) is 0 Å². The molecule has 0 bridgehead atoms. The van der Waals surface area contributed by atoms with Gasteiger partial charge in [-0.15, -0.1) is 11.3 Å². The summed E-state index contributed by atoms with van der Waals surface area (Å²) in [7, 11) is 1.91. The minimum Gasteiger partial charge on any atom is -0.319 e. The normalized spacial score (nSPS) is 13.1. The first kappa shape index (κ1) is 11.9. The summed E-state index contributed by atoms with van der Waals surface area (Å²) in [6, 6.07) is 8.17. The van der Waals surface area contributed by atoms with E-state index < -0.39 is 0 Å². The standard InChI is InChI=1S/C13H12BrN3S/c1-17-13(10(14)6-16-17)12(15)9-7-18-11-5-3-2-4-8(9)11/h2-7,12H,15H2,1H3. The summed E-state index contributed by atoms with van der Waals surface area (Å²) < 4.78 is 4.04. The molecule has 18 heavy (non-hydrogen) atoms. The number of benzene rings is 1. The monoisotopic (exact) mass is 321 g/mol. The lowest BCUT2D eigenvalue weighted by atomic mass is 10.0. The van der Waals surface area contributed by atoms with Crippen molar-refractivity contribution in [1.82, 2.24) is 9.78 Å². The molecule has 3 nitrogen and oxygen atoms in total. The molecule has 0 spiro atoms. The van der Waals surface area contributed by atoms with E-state index in [4.69, 9.17) is 5.73 Å². The Balaban J connectivity index is 2.15. The molecule has 1 atom stereocenters. The fourth-order valence-corrected chi connectivity index (χ4v) is 3.75. The fourth-order valence-electron chi connectivity index (χ4n) is 2.16. The van der Waals surface area contributed by atoms with Crippen LogP contribution in [0.5, 0.6) is 0 Å². The Kier molecular flexibility index (Phi) is 2.97. The van der Waals surface area contributed by atoms with Gasteiger partial charge in [-0.1, -0.05) is 18.2 Å². The third kappa shape index (κ3) is 1.79. The smallest absolute Gasteiger partial charge is 0.0748 e. The molecular formula is C13H12BrN3S. The first-order chi connectivity index (χ1) is 8.68. The van der Waals surface area contributed by atoms with Crippen LogP contribution >= 0.6 is 27.3 Å². The maximum Gasteiger partial charge on any atom is 0.0748 e. The lowest BCUT2D eigenvalue weighted by molar-refractivity contribution is 0.674. The van der Waals surface area contributed by atoms with Gasteiger partial charge in [0, 0.05) is 11.7 Å². The number of nitrogens with zero attached hydrogens (tertiary/aromatic N) is 2. The van der Waals surface area contributed by atoms with Crippen LogP contribution in [-0.2, 0) is 7.05 Å². The predicted octanol–water partition coefficient (Wildman–Crippen LogP) is 3.45. The molecule has 0 radical (unpaired) electrons. The third-order valence-electron chi connectivity index (χ3n) is 3.08. The topological polar surface area (TPSA) is 43.8 Å². The maximum atomic E-state index is 6.39. The summed E-state index contributed by atoms with van der Waals surface area (Å²) in [5.41, 5.74) is 8.54. The SMILES string of the molecule is Cn1ncc(Br)c1C(N)c1csc2ccccc12. The van der Waals surface area contributed by atoms with Crippen molar-refractivity contribution in [3.8, 4) is 0 Å². The second-order valence-corrected chi connectivity index (χ2v) is 5.93. The van der Waals surface area contributed by atoms with Gasteiger partial charge < -0.3 is 5.73 Å². The average molecular weight is 322 g/mol. The highest BCUT2D eigenvalue weighted by molar-refractivity contribution is 9.10. The summed E-state index contributed by atoms with van der Waals surface area (Å²) >= 11 is 5.23. The number of thiophene rings is 1. The van der Waals surface area contributed by atoms with Crippen molar-refractivity contribution in [3.63, 3.8) is 0 Å². The zero-order valence-electron chi connectivity index (χ0n) is 9.80. The first-order valence-electron chi connectivity index (χ1n) is 5.57. The van der Waals surface area contributed by atoms with Crippen molar-refractivity contribution in [2.45, 2.75) is 6.04 Å². The minimum atomic E-state index is -0.164. The number of nitrogens with two attached hydrogens (primary N) is 1. The van der Waals surface area contributed by atoms with Crippen LogP contribution < -0.4 is 5.73 Å². The molecule has 0 aliphatic rings. The molecule has 0 fully saturated rings. The van der Waals surface area contributed by atoms with Crippen molar-refractivity contribution >= 4 is 37.4 Å². The molecule has 92 valence electrons. The molecule has 3 aromatic rings. The van der Waals surface area contributed by atoms with E-state index >= 15 is 0 Å². The Hall–Kier alpha value is -1.17. The van der Waals surface area contributed by atoms with Crippen LogP contribution in [0.25, 0.3) is 10.1 Å². The maximum absolute atomic E-state index is 6.39. The number of aromatic nitrogens is 2. The molecule has 0 saturated heterocycles. The van der Waals surface area contributed by atoms with Crippen LogP contribution in [0.1, 0.15) is 17.3 Å². The van der Waals surface area contributed by atoms with Gasteiger partial charge in [-0.3, -0.25) is 4.68 Å². The Labute approximate surface area is 117 Å².